The lowest BCUT2D eigenvalue weighted by molar-refractivity contribution is 0.102. The standard InChI is InChI=1S/C16H25FN4O/c1-2-14-15(17)16(19-11-18-14)21-9-13(10-21)20-6-3-12(4-7-20)5-8-22/h11-13,22H,2-10H2,1H3. The average Bonchev–Trinajstić information content (AvgIpc) is 2.49. The molecule has 2 aliphatic rings. The Kier molecular flexibility index (Phi) is 4.88. The maximum absolute atomic E-state index is 14.2. The highest BCUT2D eigenvalue weighted by molar-refractivity contribution is 5.44. The van der Waals surface area contributed by atoms with Crippen LogP contribution in [0.2, 0.25) is 0 Å². The summed E-state index contributed by atoms with van der Waals surface area (Å²) in [6.07, 6.45) is 5.32. The summed E-state index contributed by atoms with van der Waals surface area (Å²) in [5.74, 6) is 0.868. The smallest absolute Gasteiger partial charge is 0.187 e. The summed E-state index contributed by atoms with van der Waals surface area (Å²) in [4.78, 5) is 12.6. The molecule has 122 valence electrons. The molecule has 2 aliphatic heterocycles. The molecular formula is C16H25FN4O. The quantitative estimate of drug-likeness (QED) is 0.892. The third-order valence-corrected chi connectivity index (χ3v) is 5.04. The summed E-state index contributed by atoms with van der Waals surface area (Å²) in [6, 6.07) is 0.509. The molecule has 1 aromatic heterocycles. The molecule has 0 atom stereocenters. The van der Waals surface area contributed by atoms with E-state index in [4.69, 9.17) is 5.11 Å². The molecule has 1 aromatic rings. The van der Waals surface area contributed by atoms with Crippen molar-refractivity contribution >= 4 is 5.82 Å². The van der Waals surface area contributed by atoms with Crippen LogP contribution < -0.4 is 4.90 Å². The lowest BCUT2D eigenvalue weighted by Gasteiger charge is -2.48. The van der Waals surface area contributed by atoms with Gasteiger partial charge < -0.3 is 10.0 Å². The fourth-order valence-corrected chi connectivity index (χ4v) is 3.51. The number of nitrogens with zero attached hydrogens (tertiary/aromatic N) is 4. The maximum atomic E-state index is 14.2. The van der Waals surface area contributed by atoms with Gasteiger partial charge in [0.25, 0.3) is 0 Å². The van der Waals surface area contributed by atoms with E-state index in [0.29, 0.717) is 36.5 Å². The van der Waals surface area contributed by atoms with Crippen molar-refractivity contribution in [3.8, 4) is 0 Å². The van der Waals surface area contributed by atoms with E-state index in [-0.39, 0.29) is 5.82 Å². The summed E-state index contributed by atoms with van der Waals surface area (Å²) in [5, 5.41) is 9.01. The molecular weight excluding hydrogens is 283 g/mol. The SMILES string of the molecule is CCc1ncnc(N2CC(N3CCC(CCO)CC3)C2)c1F. The molecule has 0 spiro atoms. The fourth-order valence-electron chi connectivity index (χ4n) is 3.51. The van der Waals surface area contributed by atoms with E-state index in [1.54, 1.807) is 0 Å². The molecule has 0 radical (unpaired) electrons. The van der Waals surface area contributed by atoms with E-state index in [1.807, 2.05) is 11.8 Å². The second kappa shape index (κ2) is 6.87. The molecule has 2 saturated heterocycles. The van der Waals surface area contributed by atoms with Gasteiger partial charge in [0, 0.05) is 25.7 Å². The molecule has 0 aromatic carbocycles. The summed E-state index contributed by atoms with van der Waals surface area (Å²) in [6.45, 7) is 6.09. The van der Waals surface area contributed by atoms with E-state index in [0.717, 1.165) is 32.6 Å². The zero-order valence-corrected chi connectivity index (χ0v) is 13.2. The summed E-state index contributed by atoms with van der Waals surface area (Å²) in [7, 11) is 0. The number of halogens is 1. The van der Waals surface area contributed by atoms with Crippen LogP contribution in [0.4, 0.5) is 10.2 Å². The maximum Gasteiger partial charge on any atom is 0.187 e. The van der Waals surface area contributed by atoms with Crippen molar-refractivity contribution in [3.63, 3.8) is 0 Å². The number of anilines is 1. The molecule has 2 fully saturated rings. The van der Waals surface area contributed by atoms with E-state index in [1.165, 1.54) is 19.2 Å². The van der Waals surface area contributed by atoms with Crippen molar-refractivity contribution in [1.82, 2.24) is 14.9 Å². The minimum atomic E-state index is -0.259. The largest absolute Gasteiger partial charge is 0.396 e. The molecule has 0 saturated carbocycles. The Morgan fingerprint density at radius 3 is 2.64 bits per heavy atom. The Morgan fingerprint density at radius 1 is 1.27 bits per heavy atom. The molecule has 3 heterocycles. The van der Waals surface area contributed by atoms with E-state index in [9.17, 15) is 4.39 Å². The Balaban J connectivity index is 1.52. The van der Waals surface area contributed by atoms with Crippen LogP contribution in [0.5, 0.6) is 0 Å². The number of aliphatic hydroxyl groups excluding tert-OH is 1. The van der Waals surface area contributed by atoms with Gasteiger partial charge in [-0.15, -0.1) is 0 Å². The van der Waals surface area contributed by atoms with Gasteiger partial charge in [0.1, 0.15) is 6.33 Å². The zero-order chi connectivity index (χ0) is 15.5. The van der Waals surface area contributed by atoms with Crippen LogP contribution in [0.15, 0.2) is 6.33 Å². The van der Waals surface area contributed by atoms with Crippen molar-refractivity contribution in [2.45, 2.75) is 38.6 Å². The normalized spacial score (nSPS) is 21.1. The minimum Gasteiger partial charge on any atom is -0.396 e. The van der Waals surface area contributed by atoms with Crippen molar-refractivity contribution in [3.05, 3.63) is 17.8 Å². The van der Waals surface area contributed by atoms with E-state index < -0.39 is 0 Å². The fraction of sp³-hybridized carbons (Fsp3) is 0.750. The van der Waals surface area contributed by atoms with Crippen LogP contribution in [0.25, 0.3) is 0 Å². The molecule has 0 bridgehead atoms. The van der Waals surface area contributed by atoms with Crippen LogP contribution in [-0.2, 0) is 6.42 Å². The molecule has 6 heteroatoms. The van der Waals surface area contributed by atoms with Gasteiger partial charge >= 0.3 is 0 Å². The second-order valence-corrected chi connectivity index (χ2v) is 6.36. The number of aliphatic hydroxyl groups is 1. The van der Waals surface area contributed by atoms with Crippen LogP contribution in [-0.4, -0.2) is 58.8 Å². The van der Waals surface area contributed by atoms with Gasteiger partial charge in [-0.1, -0.05) is 6.92 Å². The average molecular weight is 308 g/mol. The number of piperidine rings is 1. The highest BCUT2D eigenvalue weighted by atomic mass is 19.1. The summed E-state index contributed by atoms with van der Waals surface area (Å²) in [5.41, 5.74) is 0.498. The van der Waals surface area contributed by atoms with E-state index >= 15 is 0 Å². The Bertz CT molecular complexity index is 499. The van der Waals surface area contributed by atoms with Crippen LogP contribution >= 0.6 is 0 Å². The van der Waals surface area contributed by atoms with Gasteiger partial charge in [-0.05, 0) is 44.7 Å². The number of rotatable bonds is 5. The highest BCUT2D eigenvalue weighted by Gasteiger charge is 2.35. The molecule has 0 unspecified atom stereocenters. The highest BCUT2D eigenvalue weighted by Crippen LogP contribution is 2.28. The first kappa shape index (κ1) is 15.6. The molecule has 1 N–H and O–H groups in total. The molecule has 0 aliphatic carbocycles. The van der Waals surface area contributed by atoms with Gasteiger partial charge in [-0.3, -0.25) is 4.90 Å². The minimum absolute atomic E-state index is 0.259. The number of aromatic nitrogens is 2. The van der Waals surface area contributed by atoms with Gasteiger partial charge in [0.15, 0.2) is 11.6 Å². The zero-order valence-electron chi connectivity index (χ0n) is 13.2. The van der Waals surface area contributed by atoms with Crippen LogP contribution in [0.3, 0.4) is 0 Å². The van der Waals surface area contributed by atoms with Crippen molar-refractivity contribution in [2.75, 3.05) is 37.7 Å². The predicted molar refractivity (Wildman–Crippen MR) is 83.4 cm³/mol. The first-order chi connectivity index (χ1) is 10.7. The lowest BCUT2D eigenvalue weighted by Crippen LogP contribution is -2.61. The molecule has 0 amide bonds. The Labute approximate surface area is 131 Å². The topological polar surface area (TPSA) is 52.5 Å². The molecule has 3 rings (SSSR count). The number of hydrogen-bond acceptors (Lipinski definition) is 5. The van der Waals surface area contributed by atoms with E-state index in [2.05, 4.69) is 14.9 Å². The van der Waals surface area contributed by atoms with Crippen LogP contribution in [0.1, 0.15) is 31.9 Å². The predicted octanol–water partition coefficient (Wildman–Crippen LogP) is 1.46. The Morgan fingerprint density at radius 2 is 2.00 bits per heavy atom. The molecule has 22 heavy (non-hydrogen) atoms. The van der Waals surface area contributed by atoms with Gasteiger partial charge in [-0.25, -0.2) is 14.4 Å². The van der Waals surface area contributed by atoms with Gasteiger partial charge in [0.2, 0.25) is 0 Å². The summed E-state index contributed by atoms with van der Waals surface area (Å²) >= 11 is 0. The first-order valence-electron chi connectivity index (χ1n) is 8.32. The van der Waals surface area contributed by atoms with Crippen molar-refractivity contribution in [2.24, 2.45) is 5.92 Å². The number of hydrogen-bond donors (Lipinski definition) is 1. The van der Waals surface area contributed by atoms with Crippen molar-refractivity contribution < 1.29 is 9.50 Å². The lowest BCUT2D eigenvalue weighted by atomic mass is 9.92. The number of likely N-dealkylation sites (tertiary alicyclic amines) is 1. The van der Waals surface area contributed by atoms with Crippen molar-refractivity contribution in [1.29, 1.82) is 0 Å². The summed E-state index contributed by atoms with van der Waals surface area (Å²) < 4.78 is 14.2. The monoisotopic (exact) mass is 308 g/mol. The van der Waals surface area contributed by atoms with Gasteiger partial charge in [-0.2, -0.15) is 0 Å². The van der Waals surface area contributed by atoms with Gasteiger partial charge in [0.05, 0.1) is 5.69 Å². The first-order valence-corrected chi connectivity index (χ1v) is 8.32. The number of aryl methyl sites for hydroxylation is 1. The third-order valence-electron chi connectivity index (χ3n) is 5.04. The van der Waals surface area contributed by atoms with Crippen LogP contribution in [0, 0.1) is 11.7 Å². The third kappa shape index (κ3) is 3.08. The molecule has 5 nitrogen and oxygen atoms in total. The second-order valence-electron chi connectivity index (χ2n) is 6.36. The Hall–Kier alpha value is -1.27.